The molecule has 162 valence electrons. The Hall–Kier alpha value is -3.15. The molecule has 1 aliphatic carbocycles. The summed E-state index contributed by atoms with van der Waals surface area (Å²) >= 11 is 0. The Kier molecular flexibility index (Phi) is 6.07. The van der Waals surface area contributed by atoms with Crippen LogP contribution in [0.2, 0.25) is 0 Å². The number of methoxy groups -OCH3 is 1. The molecule has 1 aliphatic rings. The Morgan fingerprint density at radius 1 is 1.16 bits per heavy atom. The molecule has 6 heteroatoms. The zero-order valence-electron chi connectivity index (χ0n) is 18.2. The highest BCUT2D eigenvalue weighted by Crippen LogP contribution is 2.44. The molecule has 3 aromatic rings. The van der Waals surface area contributed by atoms with E-state index in [1.165, 1.54) is 16.5 Å². The van der Waals surface area contributed by atoms with Crippen molar-refractivity contribution in [2.75, 3.05) is 13.7 Å². The topological polar surface area (TPSA) is 73.2 Å². The summed E-state index contributed by atoms with van der Waals surface area (Å²) in [7, 11) is 1.69. The zero-order valence-corrected chi connectivity index (χ0v) is 18.2. The molecule has 1 saturated carbocycles. The van der Waals surface area contributed by atoms with Gasteiger partial charge in [-0.25, -0.2) is 4.98 Å². The Morgan fingerprint density at radius 3 is 2.71 bits per heavy atom. The SMILES string of the molecule is COc1ccccc1C1(CNC(=O)CCn2cnc3c(C)cccc3c2=O)CCCC1. The third kappa shape index (κ3) is 4.20. The predicted molar refractivity (Wildman–Crippen MR) is 122 cm³/mol. The third-order valence-corrected chi connectivity index (χ3v) is 6.50. The van der Waals surface area contributed by atoms with E-state index in [9.17, 15) is 9.59 Å². The van der Waals surface area contributed by atoms with Crippen LogP contribution in [0.3, 0.4) is 0 Å². The second-order valence-corrected chi connectivity index (χ2v) is 8.43. The van der Waals surface area contributed by atoms with Crippen molar-refractivity contribution in [1.29, 1.82) is 0 Å². The molecular formula is C25H29N3O3. The third-order valence-electron chi connectivity index (χ3n) is 6.50. The summed E-state index contributed by atoms with van der Waals surface area (Å²) < 4.78 is 7.11. The molecule has 6 nitrogen and oxygen atoms in total. The molecule has 0 spiro atoms. The second-order valence-electron chi connectivity index (χ2n) is 8.43. The maximum atomic E-state index is 12.7. The number of carbonyl (C=O) groups is 1. The highest BCUT2D eigenvalue weighted by Gasteiger charge is 2.37. The summed E-state index contributed by atoms with van der Waals surface area (Å²) in [5, 5.41) is 3.71. The van der Waals surface area contributed by atoms with Gasteiger partial charge in [0.2, 0.25) is 5.91 Å². The lowest BCUT2D eigenvalue weighted by Crippen LogP contribution is -2.39. The van der Waals surface area contributed by atoms with Crippen LogP contribution in [0.1, 0.15) is 43.2 Å². The van der Waals surface area contributed by atoms with Crippen molar-refractivity contribution >= 4 is 16.8 Å². The molecule has 0 unspecified atom stereocenters. The van der Waals surface area contributed by atoms with E-state index in [4.69, 9.17) is 4.74 Å². The lowest BCUT2D eigenvalue weighted by Gasteiger charge is -2.31. The minimum absolute atomic E-state index is 0.0580. The van der Waals surface area contributed by atoms with Crippen molar-refractivity contribution < 1.29 is 9.53 Å². The number of hydrogen-bond acceptors (Lipinski definition) is 4. The number of ether oxygens (including phenoxy) is 1. The average Bonchev–Trinajstić information content (AvgIpc) is 3.28. The Labute approximate surface area is 182 Å². The van der Waals surface area contributed by atoms with E-state index in [0.717, 1.165) is 37.0 Å². The predicted octanol–water partition coefficient (Wildman–Crippen LogP) is 3.73. The summed E-state index contributed by atoms with van der Waals surface area (Å²) in [6.07, 6.45) is 6.12. The van der Waals surface area contributed by atoms with E-state index in [0.29, 0.717) is 24.0 Å². The lowest BCUT2D eigenvalue weighted by atomic mass is 9.78. The van der Waals surface area contributed by atoms with Gasteiger partial charge in [-0.15, -0.1) is 0 Å². The Bertz CT molecular complexity index is 1150. The van der Waals surface area contributed by atoms with Gasteiger partial charge >= 0.3 is 0 Å². The number of benzene rings is 2. The number of amides is 1. The first-order valence-electron chi connectivity index (χ1n) is 10.9. The number of para-hydroxylation sites is 2. The summed E-state index contributed by atoms with van der Waals surface area (Å²) in [4.78, 5) is 29.8. The smallest absolute Gasteiger partial charge is 0.261 e. The van der Waals surface area contributed by atoms with Gasteiger partial charge in [0, 0.05) is 30.5 Å². The van der Waals surface area contributed by atoms with Crippen LogP contribution in [0.25, 0.3) is 10.9 Å². The monoisotopic (exact) mass is 419 g/mol. The van der Waals surface area contributed by atoms with Crippen LogP contribution in [0.4, 0.5) is 0 Å². The molecule has 1 amide bonds. The van der Waals surface area contributed by atoms with Gasteiger partial charge in [-0.05, 0) is 37.5 Å². The summed E-state index contributed by atoms with van der Waals surface area (Å²) in [6.45, 7) is 2.83. The Morgan fingerprint density at radius 2 is 1.94 bits per heavy atom. The van der Waals surface area contributed by atoms with Gasteiger partial charge in [0.1, 0.15) is 5.75 Å². The minimum Gasteiger partial charge on any atom is -0.496 e. The highest BCUT2D eigenvalue weighted by atomic mass is 16.5. The van der Waals surface area contributed by atoms with Gasteiger partial charge in [0.05, 0.1) is 24.3 Å². The molecule has 1 heterocycles. The largest absolute Gasteiger partial charge is 0.496 e. The molecule has 31 heavy (non-hydrogen) atoms. The van der Waals surface area contributed by atoms with Gasteiger partial charge < -0.3 is 10.1 Å². The van der Waals surface area contributed by atoms with E-state index >= 15 is 0 Å². The molecule has 0 saturated heterocycles. The van der Waals surface area contributed by atoms with Crippen molar-refractivity contribution in [2.45, 2.75) is 51.0 Å². The average molecular weight is 420 g/mol. The fraction of sp³-hybridized carbons (Fsp3) is 0.400. The quantitative estimate of drug-likeness (QED) is 0.633. The number of nitrogens with zero attached hydrogens (tertiary/aromatic N) is 2. The van der Waals surface area contributed by atoms with Gasteiger partial charge in [-0.1, -0.05) is 43.2 Å². The number of carbonyl (C=O) groups excluding carboxylic acids is 1. The van der Waals surface area contributed by atoms with Crippen LogP contribution in [0.15, 0.2) is 53.6 Å². The van der Waals surface area contributed by atoms with Gasteiger partial charge in [-0.3, -0.25) is 14.2 Å². The molecule has 0 radical (unpaired) electrons. The van der Waals surface area contributed by atoms with Crippen molar-refractivity contribution in [1.82, 2.24) is 14.9 Å². The van der Waals surface area contributed by atoms with Crippen LogP contribution in [0, 0.1) is 6.92 Å². The van der Waals surface area contributed by atoms with Crippen LogP contribution >= 0.6 is 0 Å². The summed E-state index contributed by atoms with van der Waals surface area (Å²) in [6, 6.07) is 13.7. The minimum atomic E-state index is -0.109. The summed E-state index contributed by atoms with van der Waals surface area (Å²) in [5.41, 5.74) is 2.65. The maximum Gasteiger partial charge on any atom is 0.261 e. The van der Waals surface area contributed by atoms with Crippen LogP contribution in [-0.4, -0.2) is 29.1 Å². The number of fused-ring (bicyclic) bond motifs is 1. The maximum absolute atomic E-state index is 12.7. The van der Waals surface area contributed by atoms with E-state index in [-0.39, 0.29) is 23.3 Å². The lowest BCUT2D eigenvalue weighted by molar-refractivity contribution is -0.121. The van der Waals surface area contributed by atoms with Gasteiger partial charge in [0.15, 0.2) is 0 Å². The number of hydrogen-bond donors (Lipinski definition) is 1. The molecule has 0 atom stereocenters. The first-order chi connectivity index (χ1) is 15.0. The molecule has 4 rings (SSSR count). The molecule has 1 aromatic heterocycles. The van der Waals surface area contributed by atoms with Crippen LogP contribution in [0.5, 0.6) is 5.75 Å². The van der Waals surface area contributed by atoms with Gasteiger partial charge in [-0.2, -0.15) is 0 Å². The van der Waals surface area contributed by atoms with Crippen molar-refractivity contribution in [3.05, 3.63) is 70.3 Å². The molecule has 1 N–H and O–H groups in total. The highest BCUT2D eigenvalue weighted by molar-refractivity contribution is 5.80. The van der Waals surface area contributed by atoms with Crippen LogP contribution < -0.4 is 15.6 Å². The number of aromatic nitrogens is 2. The first kappa shape index (κ1) is 21.1. The standard InChI is InChI=1S/C25H29N3O3/c1-18-8-7-9-19-23(18)27-17-28(24(19)30)15-12-22(29)26-16-25(13-5-6-14-25)20-10-3-4-11-21(20)31-2/h3-4,7-11,17H,5-6,12-16H2,1-2H3,(H,26,29). The normalized spacial score (nSPS) is 15.2. The van der Waals surface area contributed by atoms with E-state index < -0.39 is 0 Å². The number of aryl methyl sites for hydroxylation is 2. The van der Waals surface area contributed by atoms with E-state index in [1.54, 1.807) is 13.2 Å². The molecule has 0 bridgehead atoms. The van der Waals surface area contributed by atoms with Crippen molar-refractivity contribution in [3.63, 3.8) is 0 Å². The number of rotatable bonds is 7. The molecule has 0 aliphatic heterocycles. The molecular weight excluding hydrogens is 390 g/mol. The first-order valence-corrected chi connectivity index (χ1v) is 10.9. The fourth-order valence-electron chi connectivity index (χ4n) is 4.75. The second kappa shape index (κ2) is 8.92. The molecule has 1 fully saturated rings. The molecule has 2 aromatic carbocycles. The Balaban J connectivity index is 1.44. The van der Waals surface area contributed by atoms with Crippen molar-refractivity contribution in [2.24, 2.45) is 0 Å². The van der Waals surface area contributed by atoms with Crippen molar-refractivity contribution in [3.8, 4) is 5.75 Å². The summed E-state index contributed by atoms with van der Waals surface area (Å²) in [5.74, 6) is 0.820. The fourth-order valence-corrected chi connectivity index (χ4v) is 4.75. The van der Waals surface area contributed by atoms with E-state index in [2.05, 4.69) is 16.4 Å². The number of nitrogens with one attached hydrogen (secondary N) is 1. The van der Waals surface area contributed by atoms with E-state index in [1.807, 2.05) is 37.3 Å². The van der Waals surface area contributed by atoms with Gasteiger partial charge in [0.25, 0.3) is 5.56 Å². The van der Waals surface area contributed by atoms with Crippen LogP contribution in [-0.2, 0) is 16.8 Å². The zero-order chi connectivity index (χ0) is 21.8.